The van der Waals surface area contributed by atoms with E-state index in [9.17, 15) is 32.9 Å². The number of hydrogen-bond acceptors (Lipinski definition) is 9. The molecular weight excluding hydrogens is 549 g/mol. The summed E-state index contributed by atoms with van der Waals surface area (Å²) in [6.45, 7) is 3.37. The summed E-state index contributed by atoms with van der Waals surface area (Å²) in [5.74, 6) is -5.30. The number of allylic oxidation sites excluding steroid dienone is 1. The predicted molar refractivity (Wildman–Crippen MR) is 138 cm³/mol. The van der Waals surface area contributed by atoms with Crippen LogP contribution < -0.4 is 4.74 Å². The van der Waals surface area contributed by atoms with E-state index in [-0.39, 0.29) is 42.6 Å². The lowest BCUT2D eigenvalue weighted by Crippen LogP contribution is -2.44. The Morgan fingerprint density at radius 1 is 1.15 bits per heavy atom. The van der Waals surface area contributed by atoms with E-state index in [1.807, 2.05) is 0 Å². The number of carbonyl (C=O) groups excluding carboxylic acids is 2. The number of carbonyl (C=O) groups is 2. The first-order chi connectivity index (χ1) is 19.5. The smallest absolute Gasteiger partial charge is 0.430 e. The number of alkyl halides is 3. The van der Waals surface area contributed by atoms with Crippen LogP contribution in [0.2, 0.25) is 0 Å². The SMILES string of the molecule is CCOC(=O)C1C(C(F)(F)F)=NC(C)=C(C(=O)OCCc2ccc(OCC3CO3)cc2)C1c1cccc([N+](=O)[O-])c1. The first-order valence-electron chi connectivity index (χ1n) is 12.8. The normalized spacial score (nSPS) is 20.2. The summed E-state index contributed by atoms with van der Waals surface area (Å²) in [5.41, 5.74) is -1.78. The summed E-state index contributed by atoms with van der Waals surface area (Å²) in [7, 11) is 0. The quantitative estimate of drug-likeness (QED) is 0.163. The zero-order valence-corrected chi connectivity index (χ0v) is 22.2. The van der Waals surface area contributed by atoms with Crippen LogP contribution in [0, 0.1) is 16.0 Å². The maximum Gasteiger partial charge on any atom is 0.430 e. The molecule has 0 aromatic heterocycles. The Kier molecular flexibility index (Phi) is 9.06. The maximum absolute atomic E-state index is 14.1. The molecule has 3 unspecified atom stereocenters. The number of ether oxygens (including phenoxy) is 4. The van der Waals surface area contributed by atoms with Crippen molar-refractivity contribution in [1.82, 2.24) is 0 Å². The average molecular weight is 577 g/mol. The molecule has 0 radical (unpaired) electrons. The van der Waals surface area contributed by atoms with Gasteiger partial charge in [-0.05, 0) is 37.1 Å². The van der Waals surface area contributed by atoms with Crippen molar-refractivity contribution >= 4 is 23.3 Å². The van der Waals surface area contributed by atoms with E-state index < -0.39 is 46.3 Å². The van der Waals surface area contributed by atoms with Crippen molar-refractivity contribution in [3.8, 4) is 5.75 Å². The summed E-state index contributed by atoms with van der Waals surface area (Å²) in [6.07, 6.45) is -4.66. The Morgan fingerprint density at radius 2 is 1.85 bits per heavy atom. The van der Waals surface area contributed by atoms with Gasteiger partial charge in [-0.2, -0.15) is 13.2 Å². The second-order valence-corrected chi connectivity index (χ2v) is 9.35. The summed E-state index contributed by atoms with van der Waals surface area (Å²) in [4.78, 5) is 40.5. The van der Waals surface area contributed by atoms with Gasteiger partial charge in [0.1, 0.15) is 30.1 Å². The van der Waals surface area contributed by atoms with Crippen molar-refractivity contribution in [3.63, 3.8) is 0 Å². The molecule has 0 amide bonds. The van der Waals surface area contributed by atoms with Gasteiger partial charge in [0.05, 0.1) is 30.3 Å². The van der Waals surface area contributed by atoms with Crippen LogP contribution >= 0.6 is 0 Å². The lowest BCUT2D eigenvalue weighted by molar-refractivity contribution is -0.384. The Hall–Kier alpha value is -4.26. The summed E-state index contributed by atoms with van der Waals surface area (Å²) >= 11 is 0. The molecule has 2 aromatic rings. The number of nitro benzene ring substituents is 1. The first-order valence-corrected chi connectivity index (χ1v) is 12.8. The fourth-order valence-corrected chi connectivity index (χ4v) is 4.49. The monoisotopic (exact) mass is 576 g/mol. The van der Waals surface area contributed by atoms with Crippen molar-refractivity contribution in [3.05, 3.63) is 81.0 Å². The minimum Gasteiger partial charge on any atom is -0.491 e. The van der Waals surface area contributed by atoms with E-state index in [0.717, 1.165) is 17.7 Å². The third-order valence-corrected chi connectivity index (χ3v) is 6.49. The lowest BCUT2D eigenvalue weighted by atomic mass is 9.75. The molecule has 3 atom stereocenters. The first kappa shape index (κ1) is 29.7. The fraction of sp³-hybridized carbons (Fsp3) is 0.393. The fourth-order valence-electron chi connectivity index (χ4n) is 4.49. The third-order valence-electron chi connectivity index (χ3n) is 6.49. The highest BCUT2D eigenvalue weighted by atomic mass is 19.4. The van der Waals surface area contributed by atoms with Crippen LogP contribution in [0.3, 0.4) is 0 Å². The van der Waals surface area contributed by atoms with E-state index in [2.05, 4.69) is 4.99 Å². The number of non-ortho nitro benzene ring substituents is 1. The molecule has 0 spiro atoms. The van der Waals surface area contributed by atoms with Gasteiger partial charge in [-0.3, -0.25) is 19.9 Å². The molecule has 1 saturated heterocycles. The highest BCUT2D eigenvalue weighted by molar-refractivity contribution is 6.10. The van der Waals surface area contributed by atoms with Crippen molar-refractivity contribution in [2.45, 2.75) is 38.5 Å². The largest absolute Gasteiger partial charge is 0.491 e. The van der Waals surface area contributed by atoms with Crippen molar-refractivity contribution < 1.29 is 46.6 Å². The number of hydrogen-bond donors (Lipinski definition) is 0. The second kappa shape index (κ2) is 12.5. The Balaban J connectivity index is 1.61. The number of nitro groups is 1. The topological polar surface area (TPSA) is 130 Å². The summed E-state index contributed by atoms with van der Waals surface area (Å²) in [6, 6.07) is 11.8. The molecule has 0 bridgehead atoms. The average Bonchev–Trinajstić information content (AvgIpc) is 3.76. The zero-order chi connectivity index (χ0) is 29.7. The van der Waals surface area contributed by atoms with Gasteiger partial charge < -0.3 is 18.9 Å². The molecule has 218 valence electrons. The Bertz CT molecular complexity index is 1370. The number of benzene rings is 2. The minimum atomic E-state index is -5.05. The van der Waals surface area contributed by atoms with Gasteiger partial charge in [-0.1, -0.05) is 24.3 Å². The second-order valence-electron chi connectivity index (χ2n) is 9.35. The number of halogens is 3. The number of epoxide rings is 1. The van der Waals surface area contributed by atoms with Crippen LogP contribution in [0.5, 0.6) is 5.75 Å². The van der Waals surface area contributed by atoms with Crippen LogP contribution in [-0.4, -0.2) is 61.3 Å². The molecule has 2 aliphatic heterocycles. The Labute approximate surface area is 232 Å². The van der Waals surface area contributed by atoms with Crippen molar-refractivity contribution in [2.75, 3.05) is 26.4 Å². The minimum absolute atomic E-state index is 0.0626. The predicted octanol–water partition coefficient (Wildman–Crippen LogP) is 4.71. The van der Waals surface area contributed by atoms with E-state index in [1.165, 1.54) is 26.0 Å². The van der Waals surface area contributed by atoms with Gasteiger partial charge in [0.25, 0.3) is 5.69 Å². The highest BCUT2D eigenvalue weighted by Crippen LogP contribution is 2.44. The molecule has 10 nitrogen and oxygen atoms in total. The number of esters is 2. The zero-order valence-electron chi connectivity index (χ0n) is 22.2. The van der Waals surface area contributed by atoms with Gasteiger partial charge in [0, 0.05) is 30.2 Å². The van der Waals surface area contributed by atoms with Crippen LogP contribution in [0.15, 0.2) is 64.8 Å². The summed E-state index contributed by atoms with van der Waals surface area (Å²) < 4.78 is 63.3. The molecule has 0 aliphatic carbocycles. The van der Waals surface area contributed by atoms with Gasteiger partial charge >= 0.3 is 18.1 Å². The summed E-state index contributed by atoms with van der Waals surface area (Å²) in [5, 5.41) is 11.4. The third kappa shape index (κ3) is 7.28. The van der Waals surface area contributed by atoms with Crippen LogP contribution in [0.25, 0.3) is 0 Å². The van der Waals surface area contributed by atoms with Crippen LogP contribution in [0.1, 0.15) is 30.9 Å². The van der Waals surface area contributed by atoms with Gasteiger partial charge in [-0.15, -0.1) is 0 Å². The number of aliphatic imine (C=N–C) groups is 1. The Morgan fingerprint density at radius 3 is 2.46 bits per heavy atom. The van der Waals surface area contributed by atoms with Gasteiger partial charge in [-0.25, -0.2) is 4.79 Å². The standard InChI is InChI=1S/C28H27F3N2O8/c1-3-38-27(35)24-23(18-5-4-6-19(13-18)33(36)37)22(16(2)32-25(24)28(29,30)31)26(34)39-12-11-17-7-9-20(10-8-17)40-14-21-15-41-21/h4-10,13,21,23-24H,3,11-12,14-15H2,1-2H3. The molecule has 1 fully saturated rings. The van der Waals surface area contributed by atoms with Gasteiger partial charge in [0.15, 0.2) is 0 Å². The highest BCUT2D eigenvalue weighted by Gasteiger charge is 2.53. The molecule has 0 N–H and O–H groups in total. The molecule has 2 aromatic carbocycles. The molecule has 41 heavy (non-hydrogen) atoms. The number of rotatable bonds is 11. The van der Waals surface area contributed by atoms with E-state index in [0.29, 0.717) is 19.0 Å². The van der Waals surface area contributed by atoms with E-state index in [1.54, 1.807) is 24.3 Å². The van der Waals surface area contributed by atoms with Crippen molar-refractivity contribution in [1.29, 1.82) is 0 Å². The van der Waals surface area contributed by atoms with E-state index in [4.69, 9.17) is 18.9 Å². The molecule has 0 saturated carbocycles. The lowest BCUT2D eigenvalue weighted by Gasteiger charge is -2.33. The van der Waals surface area contributed by atoms with E-state index >= 15 is 0 Å². The van der Waals surface area contributed by atoms with Crippen LogP contribution in [0.4, 0.5) is 18.9 Å². The molecule has 13 heteroatoms. The van der Waals surface area contributed by atoms with Gasteiger partial charge in [0.2, 0.25) is 0 Å². The molecule has 2 heterocycles. The molecule has 2 aliphatic rings. The number of nitrogens with zero attached hydrogens (tertiary/aromatic N) is 2. The molecular formula is C28H27F3N2O8. The molecule has 4 rings (SSSR count). The van der Waals surface area contributed by atoms with Crippen molar-refractivity contribution in [2.24, 2.45) is 10.9 Å². The van der Waals surface area contributed by atoms with Crippen LogP contribution in [-0.2, 0) is 30.2 Å². The maximum atomic E-state index is 14.1.